The van der Waals surface area contributed by atoms with Gasteiger partial charge in [0.1, 0.15) is 0 Å². The van der Waals surface area contributed by atoms with Gasteiger partial charge in [-0.25, -0.2) is 9.52 Å². The van der Waals surface area contributed by atoms with Crippen molar-refractivity contribution in [3.8, 4) is 0 Å². The Labute approximate surface area is 93.8 Å². The van der Waals surface area contributed by atoms with Gasteiger partial charge in [0, 0.05) is 11.6 Å². The van der Waals surface area contributed by atoms with Crippen molar-refractivity contribution in [1.82, 2.24) is 9.44 Å². The van der Waals surface area contributed by atoms with Crippen LogP contribution in [0.25, 0.3) is 0 Å². The molecule has 0 aliphatic carbocycles. The van der Waals surface area contributed by atoms with Crippen molar-refractivity contribution in [2.45, 2.75) is 20.0 Å². The lowest BCUT2D eigenvalue weighted by Gasteiger charge is -2.10. The molecule has 0 radical (unpaired) electrons. The summed E-state index contributed by atoms with van der Waals surface area (Å²) in [5.41, 5.74) is 0. The summed E-state index contributed by atoms with van der Waals surface area (Å²) in [6.45, 7) is 6.31. The van der Waals surface area contributed by atoms with Crippen molar-refractivity contribution in [3.05, 3.63) is 11.6 Å². The number of halogens is 1. The number of ether oxygens (including phenoxy) is 1. The van der Waals surface area contributed by atoms with Crippen molar-refractivity contribution in [2.75, 3.05) is 6.54 Å². The van der Waals surface area contributed by atoms with E-state index in [0.29, 0.717) is 0 Å². The van der Waals surface area contributed by atoms with Gasteiger partial charge in [0.05, 0.1) is 6.10 Å². The molecule has 0 saturated carbocycles. The number of nitrogens with one attached hydrogen (secondary N) is 2. The van der Waals surface area contributed by atoms with Crippen LogP contribution in [0.1, 0.15) is 13.8 Å². The molecule has 0 aliphatic rings. The van der Waals surface area contributed by atoms with Gasteiger partial charge in [0.2, 0.25) is 0 Å². The third-order valence-corrected chi connectivity index (χ3v) is 2.11. The van der Waals surface area contributed by atoms with Crippen molar-refractivity contribution >= 4 is 27.9 Å². The smallest absolute Gasteiger partial charge is 0.422 e. The molecule has 0 aromatic heterocycles. The summed E-state index contributed by atoms with van der Waals surface area (Å²) in [5.74, 6) is 0. The fourth-order valence-electron chi connectivity index (χ4n) is 0.557. The van der Waals surface area contributed by atoms with Crippen LogP contribution >= 0.6 is 11.6 Å². The standard InChI is InChI=1S/C7H13ClN2O4S/c1-5(2)14-7(11)10-15(12,13)9-4-6(3)8/h5,9H,3-4H2,1-2H3,(H,10,11). The molecule has 0 fully saturated rings. The molecule has 0 unspecified atom stereocenters. The summed E-state index contributed by atoms with van der Waals surface area (Å²) in [6.07, 6.45) is -1.44. The van der Waals surface area contributed by atoms with Crippen molar-refractivity contribution in [3.63, 3.8) is 0 Å². The first-order valence-corrected chi connectivity index (χ1v) is 5.90. The minimum atomic E-state index is -3.94. The Morgan fingerprint density at radius 3 is 2.47 bits per heavy atom. The Balaban J connectivity index is 4.14. The van der Waals surface area contributed by atoms with Gasteiger partial charge in [-0.1, -0.05) is 18.2 Å². The van der Waals surface area contributed by atoms with Gasteiger partial charge in [0.25, 0.3) is 0 Å². The molecule has 1 amide bonds. The molecule has 0 rings (SSSR count). The number of hydrogen-bond donors (Lipinski definition) is 2. The molecular weight excluding hydrogens is 244 g/mol. The first-order valence-electron chi connectivity index (χ1n) is 4.04. The maximum Gasteiger partial charge on any atom is 0.422 e. The van der Waals surface area contributed by atoms with Crippen LogP contribution in [0.15, 0.2) is 11.6 Å². The molecule has 0 aromatic rings. The predicted molar refractivity (Wildman–Crippen MR) is 56.7 cm³/mol. The van der Waals surface area contributed by atoms with Gasteiger partial charge in [-0.05, 0) is 13.8 Å². The Morgan fingerprint density at radius 2 is 2.07 bits per heavy atom. The Kier molecular flexibility index (Phi) is 5.63. The lowest BCUT2D eigenvalue weighted by atomic mass is 10.5. The second-order valence-corrected chi connectivity index (χ2v) is 4.93. The molecule has 0 aliphatic heterocycles. The first-order chi connectivity index (χ1) is 6.73. The normalized spacial score (nSPS) is 11.2. The Hall–Kier alpha value is -0.790. The van der Waals surface area contributed by atoms with Crippen LogP contribution < -0.4 is 9.44 Å². The summed E-state index contributed by atoms with van der Waals surface area (Å²) in [7, 11) is -3.94. The van der Waals surface area contributed by atoms with E-state index in [9.17, 15) is 13.2 Å². The lowest BCUT2D eigenvalue weighted by molar-refractivity contribution is 0.121. The van der Waals surface area contributed by atoms with Crippen LogP contribution in [0.3, 0.4) is 0 Å². The lowest BCUT2D eigenvalue weighted by Crippen LogP contribution is -2.41. The summed E-state index contributed by atoms with van der Waals surface area (Å²) < 4.78 is 30.4. The minimum Gasteiger partial charge on any atom is -0.446 e. The van der Waals surface area contributed by atoms with E-state index in [1.54, 1.807) is 18.6 Å². The van der Waals surface area contributed by atoms with Crippen LogP contribution in [0, 0.1) is 0 Å². The predicted octanol–water partition coefficient (Wildman–Crippen LogP) is 0.708. The summed E-state index contributed by atoms with van der Waals surface area (Å²) >= 11 is 5.34. The average molecular weight is 257 g/mol. The van der Waals surface area contributed by atoms with Crippen molar-refractivity contribution < 1.29 is 17.9 Å². The van der Waals surface area contributed by atoms with Gasteiger partial charge in [-0.15, -0.1) is 0 Å². The molecular formula is C7H13ClN2O4S. The SMILES string of the molecule is C=C(Cl)CNS(=O)(=O)NC(=O)OC(C)C. The summed E-state index contributed by atoms with van der Waals surface area (Å²) in [5, 5.41) is 0.109. The zero-order chi connectivity index (χ0) is 12.1. The molecule has 6 nitrogen and oxygen atoms in total. The van der Waals surface area contributed by atoms with E-state index in [4.69, 9.17) is 11.6 Å². The third kappa shape index (κ3) is 8.22. The number of hydrogen-bond acceptors (Lipinski definition) is 4. The molecule has 0 bridgehead atoms. The van der Waals surface area contributed by atoms with Gasteiger partial charge in [-0.3, -0.25) is 0 Å². The van der Waals surface area contributed by atoms with Crippen molar-refractivity contribution in [1.29, 1.82) is 0 Å². The van der Waals surface area contributed by atoms with E-state index in [2.05, 4.69) is 11.3 Å². The van der Waals surface area contributed by atoms with E-state index in [1.807, 2.05) is 4.72 Å². The highest BCUT2D eigenvalue weighted by atomic mass is 35.5. The first kappa shape index (κ1) is 14.2. The van der Waals surface area contributed by atoms with Crippen molar-refractivity contribution in [2.24, 2.45) is 0 Å². The van der Waals surface area contributed by atoms with Crippen LogP contribution in [0.5, 0.6) is 0 Å². The monoisotopic (exact) mass is 256 g/mol. The third-order valence-electron chi connectivity index (χ3n) is 1.01. The van der Waals surface area contributed by atoms with E-state index in [0.717, 1.165) is 0 Å². The van der Waals surface area contributed by atoms with E-state index in [-0.39, 0.29) is 11.6 Å². The highest BCUT2D eigenvalue weighted by Crippen LogP contribution is 1.94. The number of rotatable bonds is 5. The zero-order valence-electron chi connectivity index (χ0n) is 8.41. The maximum atomic E-state index is 11.1. The average Bonchev–Trinajstić information content (AvgIpc) is 1.98. The zero-order valence-corrected chi connectivity index (χ0v) is 9.98. The number of amides is 1. The summed E-state index contributed by atoms with van der Waals surface area (Å²) in [4.78, 5) is 10.9. The maximum absolute atomic E-state index is 11.1. The van der Waals surface area contributed by atoms with E-state index in [1.165, 1.54) is 0 Å². The van der Waals surface area contributed by atoms with Gasteiger partial charge >= 0.3 is 16.3 Å². The van der Waals surface area contributed by atoms with Gasteiger partial charge < -0.3 is 4.74 Å². The Bertz CT molecular complexity index is 339. The minimum absolute atomic E-state index is 0.109. The molecule has 88 valence electrons. The molecule has 0 spiro atoms. The van der Waals surface area contributed by atoms with Crippen LogP contribution in [0.2, 0.25) is 0 Å². The van der Waals surface area contributed by atoms with Gasteiger partial charge in [-0.2, -0.15) is 13.1 Å². The molecule has 0 heterocycles. The molecule has 2 N–H and O–H groups in total. The fourth-order valence-corrected chi connectivity index (χ4v) is 1.41. The van der Waals surface area contributed by atoms with Crippen LogP contribution in [-0.4, -0.2) is 27.2 Å². The second-order valence-electron chi connectivity index (χ2n) is 2.90. The highest BCUT2D eigenvalue weighted by molar-refractivity contribution is 7.88. The van der Waals surface area contributed by atoms with E-state index < -0.39 is 22.4 Å². The van der Waals surface area contributed by atoms with E-state index >= 15 is 0 Å². The molecule has 8 heteroatoms. The quantitative estimate of drug-likeness (QED) is 0.759. The molecule has 0 aromatic carbocycles. The van der Waals surface area contributed by atoms with Gasteiger partial charge in [0.15, 0.2) is 0 Å². The van der Waals surface area contributed by atoms with Crippen LogP contribution in [0.4, 0.5) is 4.79 Å². The topological polar surface area (TPSA) is 84.5 Å². The second kappa shape index (κ2) is 5.94. The molecule has 0 saturated heterocycles. The highest BCUT2D eigenvalue weighted by Gasteiger charge is 2.15. The largest absolute Gasteiger partial charge is 0.446 e. The number of carbonyl (C=O) groups is 1. The Morgan fingerprint density at radius 1 is 1.53 bits per heavy atom. The fraction of sp³-hybridized carbons (Fsp3) is 0.571. The molecule has 0 atom stereocenters. The summed E-state index contributed by atoms with van der Waals surface area (Å²) in [6, 6.07) is 0. The van der Waals surface area contributed by atoms with Crippen LogP contribution in [-0.2, 0) is 14.9 Å². The number of carbonyl (C=O) groups excluding carboxylic acids is 1. The molecule has 15 heavy (non-hydrogen) atoms.